The van der Waals surface area contributed by atoms with Crippen LogP contribution in [-0.2, 0) is 30.5 Å². The van der Waals surface area contributed by atoms with Gasteiger partial charge in [-0.25, -0.2) is 4.68 Å². The van der Waals surface area contributed by atoms with Gasteiger partial charge in [0.15, 0.2) is 0 Å². The average molecular weight is 566 g/mol. The molecule has 2 aromatic rings. The molecular weight excluding hydrogens is 526 g/mol. The predicted octanol–water partition coefficient (Wildman–Crippen LogP) is 2.45. The molecule has 3 aliphatic heterocycles. The number of nitrogens with zero attached hydrogens (tertiary/aromatic N) is 5. The van der Waals surface area contributed by atoms with Gasteiger partial charge in [-0.15, -0.1) is 18.3 Å². The van der Waals surface area contributed by atoms with Crippen molar-refractivity contribution in [1.29, 1.82) is 0 Å². The Morgan fingerprint density at radius 1 is 1.20 bits per heavy atom. The van der Waals surface area contributed by atoms with Gasteiger partial charge in [0, 0.05) is 19.7 Å². The number of aliphatic hydroxyl groups excluding tert-OH is 1. The lowest BCUT2D eigenvalue weighted by Gasteiger charge is -2.36. The number of esters is 1. The normalized spacial score (nSPS) is 26.4. The van der Waals surface area contributed by atoms with Crippen LogP contribution in [0.25, 0.3) is 11.0 Å². The molecule has 41 heavy (non-hydrogen) atoms. The summed E-state index contributed by atoms with van der Waals surface area (Å²) in [6.45, 7) is 8.54. The van der Waals surface area contributed by atoms with Crippen molar-refractivity contribution in [1.82, 2.24) is 24.8 Å². The molecule has 4 heterocycles. The summed E-state index contributed by atoms with van der Waals surface area (Å²) in [7, 11) is 0. The molecule has 3 fully saturated rings. The van der Waals surface area contributed by atoms with E-state index in [1.165, 1.54) is 0 Å². The van der Waals surface area contributed by atoms with E-state index in [2.05, 4.69) is 23.5 Å². The Hall–Kier alpha value is -3.57. The zero-order valence-electron chi connectivity index (χ0n) is 23.4. The molecule has 220 valence electrons. The number of amides is 2. The molecule has 0 saturated carbocycles. The summed E-state index contributed by atoms with van der Waals surface area (Å²) < 4.78 is 13.8. The van der Waals surface area contributed by atoms with Gasteiger partial charge in [0.25, 0.3) is 0 Å². The first-order valence-corrected chi connectivity index (χ1v) is 14.5. The van der Waals surface area contributed by atoms with E-state index in [1.807, 2.05) is 24.3 Å². The molecule has 3 aliphatic rings. The Bertz CT molecular complexity index is 1300. The number of aliphatic hydroxyl groups is 1. The molecule has 1 aromatic carbocycles. The number of rotatable bonds is 15. The Labute approximate surface area is 239 Å². The predicted molar refractivity (Wildman–Crippen MR) is 150 cm³/mol. The van der Waals surface area contributed by atoms with E-state index in [4.69, 9.17) is 9.47 Å². The quantitative estimate of drug-likeness (QED) is 0.198. The largest absolute Gasteiger partial charge is 0.465 e. The zero-order chi connectivity index (χ0) is 29.0. The van der Waals surface area contributed by atoms with Crippen LogP contribution in [-0.4, -0.2) is 91.7 Å². The summed E-state index contributed by atoms with van der Waals surface area (Å²) in [5, 5.41) is 17.7. The van der Waals surface area contributed by atoms with Gasteiger partial charge >= 0.3 is 5.97 Å². The number of carbonyl (C=O) groups excluding carboxylic acids is 3. The maximum Gasteiger partial charge on any atom is 0.312 e. The van der Waals surface area contributed by atoms with Crippen LogP contribution < -0.4 is 0 Å². The SMILES string of the molecule is C=CCCCOC(=O)[C@@H]1[C@H]2C(=O)N(CCCCCO)C(C(=O)N(CC=C)Cn3nnc4ccccc43)C23CC[C@H]1O3. The third kappa shape index (κ3) is 5.28. The topological polar surface area (TPSA) is 127 Å². The van der Waals surface area contributed by atoms with Crippen molar-refractivity contribution in [2.45, 2.75) is 69.4 Å². The van der Waals surface area contributed by atoms with E-state index in [0.29, 0.717) is 50.6 Å². The van der Waals surface area contributed by atoms with Crippen LogP contribution >= 0.6 is 0 Å². The number of allylic oxidation sites excluding steroid dienone is 1. The first kappa shape index (κ1) is 28.9. The highest BCUT2D eigenvalue weighted by atomic mass is 16.6. The lowest BCUT2D eigenvalue weighted by Crippen LogP contribution is -2.56. The molecule has 1 aromatic heterocycles. The number of para-hydroxylation sites is 1. The van der Waals surface area contributed by atoms with Gasteiger partial charge in [0.05, 0.1) is 30.1 Å². The second-order valence-electron chi connectivity index (χ2n) is 11.0. The lowest BCUT2D eigenvalue weighted by atomic mass is 9.70. The van der Waals surface area contributed by atoms with Crippen LogP contribution in [0.5, 0.6) is 0 Å². The molecule has 11 heteroatoms. The van der Waals surface area contributed by atoms with Gasteiger partial charge in [-0.3, -0.25) is 14.4 Å². The van der Waals surface area contributed by atoms with Crippen molar-refractivity contribution < 1.29 is 29.0 Å². The average Bonchev–Trinajstić information content (AvgIpc) is 3.72. The fraction of sp³-hybridized carbons (Fsp3) is 0.567. The third-order valence-electron chi connectivity index (χ3n) is 8.55. The van der Waals surface area contributed by atoms with E-state index >= 15 is 0 Å². The van der Waals surface area contributed by atoms with Crippen molar-refractivity contribution in [2.24, 2.45) is 11.8 Å². The van der Waals surface area contributed by atoms with E-state index in [-0.39, 0.29) is 38.2 Å². The highest BCUT2D eigenvalue weighted by Crippen LogP contribution is 2.58. The smallest absolute Gasteiger partial charge is 0.312 e. The number of ether oxygens (including phenoxy) is 2. The van der Waals surface area contributed by atoms with Crippen molar-refractivity contribution in [3.8, 4) is 0 Å². The van der Waals surface area contributed by atoms with Crippen LogP contribution in [0.3, 0.4) is 0 Å². The molecular formula is C30H39N5O6. The van der Waals surface area contributed by atoms with Crippen molar-refractivity contribution >= 4 is 28.8 Å². The summed E-state index contributed by atoms with van der Waals surface area (Å²) in [6.07, 6.45) is 7.35. The Morgan fingerprint density at radius 2 is 2.02 bits per heavy atom. The van der Waals surface area contributed by atoms with Crippen molar-refractivity contribution in [2.75, 3.05) is 26.3 Å². The Balaban J connectivity index is 1.44. The van der Waals surface area contributed by atoms with E-state index in [0.717, 1.165) is 11.9 Å². The summed E-state index contributed by atoms with van der Waals surface area (Å²) in [5.74, 6) is -2.48. The van der Waals surface area contributed by atoms with Crippen LogP contribution in [0, 0.1) is 11.8 Å². The van der Waals surface area contributed by atoms with Crippen LogP contribution in [0.4, 0.5) is 0 Å². The van der Waals surface area contributed by atoms with Gasteiger partial charge in [-0.1, -0.05) is 29.5 Å². The molecule has 5 atom stereocenters. The van der Waals surface area contributed by atoms with Crippen molar-refractivity contribution in [3.05, 3.63) is 49.6 Å². The van der Waals surface area contributed by atoms with Gasteiger partial charge in [0.2, 0.25) is 11.8 Å². The van der Waals surface area contributed by atoms with Crippen LogP contribution in [0.1, 0.15) is 44.9 Å². The van der Waals surface area contributed by atoms with Gasteiger partial charge in [-0.05, 0) is 57.1 Å². The lowest BCUT2D eigenvalue weighted by molar-refractivity contribution is -0.155. The van der Waals surface area contributed by atoms with E-state index in [1.54, 1.807) is 26.6 Å². The number of fused-ring (bicyclic) bond motifs is 2. The first-order valence-electron chi connectivity index (χ1n) is 14.5. The van der Waals surface area contributed by atoms with Gasteiger partial charge < -0.3 is 24.4 Å². The number of aromatic nitrogens is 3. The molecule has 1 N–H and O–H groups in total. The molecule has 11 nitrogen and oxygen atoms in total. The molecule has 1 spiro atoms. The highest BCUT2D eigenvalue weighted by Gasteiger charge is 2.75. The molecule has 0 radical (unpaired) electrons. The second-order valence-corrected chi connectivity index (χ2v) is 11.0. The number of carbonyl (C=O) groups is 3. The molecule has 2 amide bonds. The summed E-state index contributed by atoms with van der Waals surface area (Å²) in [4.78, 5) is 45.0. The Kier molecular flexibility index (Phi) is 8.84. The third-order valence-corrected chi connectivity index (χ3v) is 8.55. The number of unbranched alkanes of at least 4 members (excludes halogenated alkanes) is 3. The van der Waals surface area contributed by atoms with E-state index < -0.39 is 35.6 Å². The molecule has 2 unspecified atom stereocenters. The minimum absolute atomic E-state index is 0.0619. The standard InChI is InChI=1S/C30H39N5O6/c1-3-5-11-19-40-29(39)24-23-14-15-30(41-23)25(24)27(37)34(17-9-6-10-18-36)26(30)28(38)33(16-4-2)20-35-22-13-8-7-12-21(22)31-32-35/h3-4,7-8,12-13,23-26,36H,1-2,5-6,9-11,14-20H2/t23-,24+,25+,26?,30?/m1/s1. The second kappa shape index (κ2) is 12.5. The van der Waals surface area contributed by atoms with Crippen LogP contribution in [0.15, 0.2) is 49.6 Å². The fourth-order valence-electron chi connectivity index (χ4n) is 6.74. The summed E-state index contributed by atoms with van der Waals surface area (Å²) in [6, 6.07) is 6.61. The number of benzene rings is 1. The minimum Gasteiger partial charge on any atom is -0.465 e. The molecule has 5 rings (SSSR count). The maximum absolute atomic E-state index is 14.5. The fourth-order valence-corrected chi connectivity index (χ4v) is 6.74. The maximum atomic E-state index is 14.5. The Morgan fingerprint density at radius 3 is 2.80 bits per heavy atom. The summed E-state index contributed by atoms with van der Waals surface area (Å²) in [5.41, 5.74) is 0.391. The zero-order valence-corrected chi connectivity index (χ0v) is 23.4. The molecule has 0 aliphatic carbocycles. The molecule has 3 saturated heterocycles. The van der Waals surface area contributed by atoms with E-state index in [9.17, 15) is 19.5 Å². The number of likely N-dealkylation sites (tertiary alicyclic amines) is 1. The first-order chi connectivity index (χ1) is 20.0. The van der Waals surface area contributed by atoms with Crippen molar-refractivity contribution in [3.63, 3.8) is 0 Å². The number of hydrogen-bond donors (Lipinski definition) is 1. The van der Waals surface area contributed by atoms with Gasteiger partial charge in [-0.2, -0.15) is 0 Å². The minimum atomic E-state index is -1.11. The van der Waals surface area contributed by atoms with Gasteiger partial charge in [0.1, 0.15) is 23.8 Å². The monoisotopic (exact) mass is 565 g/mol. The number of hydrogen-bond acceptors (Lipinski definition) is 8. The van der Waals surface area contributed by atoms with Crippen LogP contribution in [0.2, 0.25) is 0 Å². The molecule has 2 bridgehead atoms. The summed E-state index contributed by atoms with van der Waals surface area (Å²) >= 11 is 0. The highest BCUT2D eigenvalue weighted by molar-refractivity contribution is 5.98.